The standard InChI is InChI=1S/C8H8ClN3O/c9-5-6-13-12-8-4-2-1-3-7(8)10-11-12/h1-4H,5-6H2. The molecule has 4 nitrogen and oxygen atoms in total. The maximum atomic E-state index is 5.48. The monoisotopic (exact) mass is 197 g/mol. The van der Waals surface area contributed by atoms with Crippen LogP contribution in [0.1, 0.15) is 0 Å². The quantitative estimate of drug-likeness (QED) is 0.692. The zero-order chi connectivity index (χ0) is 9.10. The summed E-state index contributed by atoms with van der Waals surface area (Å²) in [5.41, 5.74) is 1.67. The lowest BCUT2D eigenvalue weighted by Crippen LogP contribution is -2.14. The third-order valence-electron chi connectivity index (χ3n) is 1.61. The number of halogens is 1. The summed E-state index contributed by atoms with van der Waals surface area (Å²) in [5, 5.41) is 7.74. The van der Waals surface area contributed by atoms with Crippen LogP contribution in [0.3, 0.4) is 0 Å². The Hall–Kier alpha value is -1.29. The van der Waals surface area contributed by atoms with Crippen molar-refractivity contribution in [3.63, 3.8) is 0 Å². The van der Waals surface area contributed by atoms with E-state index in [-0.39, 0.29) is 0 Å². The van der Waals surface area contributed by atoms with Gasteiger partial charge >= 0.3 is 0 Å². The lowest BCUT2D eigenvalue weighted by Gasteiger charge is -2.01. The van der Waals surface area contributed by atoms with Crippen molar-refractivity contribution < 1.29 is 4.84 Å². The van der Waals surface area contributed by atoms with Crippen LogP contribution >= 0.6 is 11.6 Å². The van der Waals surface area contributed by atoms with Gasteiger partial charge in [0.1, 0.15) is 17.6 Å². The minimum absolute atomic E-state index is 0.426. The molecule has 0 N–H and O–H groups in total. The van der Waals surface area contributed by atoms with E-state index in [9.17, 15) is 0 Å². The predicted molar refractivity (Wildman–Crippen MR) is 49.7 cm³/mol. The van der Waals surface area contributed by atoms with Crippen LogP contribution in [0.25, 0.3) is 11.0 Å². The van der Waals surface area contributed by atoms with Crippen molar-refractivity contribution in [3.8, 4) is 0 Å². The van der Waals surface area contributed by atoms with Crippen LogP contribution in [0.15, 0.2) is 24.3 Å². The van der Waals surface area contributed by atoms with Gasteiger partial charge in [0.05, 0.1) is 5.88 Å². The summed E-state index contributed by atoms with van der Waals surface area (Å²) in [6, 6.07) is 7.58. The molecule has 0 saturated carbocycles. The van der Waals surface area contributed by atoms with Crippen molar-refractivity contribution in [2.24, 2.45) is 0 Å². The second-order valence-electron chi connectivity index (χ2n) is 2.47. The molecule has 2 rings (SSSR count). The summed E-state index contributed by atoms with van der Waals surface area (Å²) >= 11 is 5.48. The van der Waals surface area contributed by atoms with Gasteiger partial charge in [-0.25, -0.2) is 0 Å². The topological polar surface area (TPSA) is 39.9 Å². The lowest BCUT2D eigenvalue weighted by molar-refractivity contribution is 0.0994. The first-order valence-corrected chi connectivity index (χ1v) is 4.45. The van der Waals surface area contributed by atoms with Crippen molar-refractivity contribution in [2.45, 2.75) is 0 Å². The van der Waals surface area contributed by atoms with E-state index in [2.05, 4.69) is 10.3 Å². The SMILES string of the molecule is ClCCOn1nnc2ccccc21. The fourth-order valence-corrected chi connectivity index (χ4v) is 1.13. The average Bonchev–Trinajstić information content (AvgIpc) is 2.58. The van der Waals surface area contributed by atoms with Gasteiger partial charge in [0.25, 0.3) is 0 Å². The Kier molecular flexibility index (Phi) is 2.31. The van der Waals surface area contributed by atoms with E-state index in [0.29, 0.717) is 12.5 Å². The summed E-state index contributed by atoms with van der Waals surface area (Å²) in [5.74, 6) is 0.439. The van der Waals surface area contributed by atoms with Gasteiger partial charge in [-0.2, -0.15) is 0 Å². The number of hydrogen-bond acceptors (Lipinski definition) is 3. The van der Waals surface area contributed by atoms with E-state index in [0.717, 1.165) is 11.0 Å². The Bertz CT molecular complexity index is 401. The van der Waals surface area contributed by atoms with Crippen LogP contribution in [0.5, 0.6) is 0 Å². The first-order valence-electron chi connectivity index (χ1n) is 3.91. The van der Waals surface area contributed by atoms with Gasteiger partial charge < -0.3 is 4.84 Å². The van der Waals surface area contributed by atoms with Gasteiger partial charge in [0.2, 0.25) is 0 Å². The zero-order valence-corrected chi connectivity index (χ0v) is 7.61. The molecule has 13 heavy (non-hydrogen) atoms. The van der Waals surface area contributed by atoms with Crippen LogP contribution in [0, 0.1) is 0 Å². The summed E-state index contributed by atoms with van der Waals surface area (Å²) < 4.78 is 0. The van der Waals surface area contributed by atoms with E-state index in [1.807, 2.05) is 24.3 Å². The molecule has 0 fully saturated rings. The van der Waals surface area contributed by atoms with Crippen LogP contribution in [0.2, 0.25) is 0 Å². The highest BCUT2D eigenvalue weighted by Gasteiger charge is 2.02. The molecule has 0 unspecified atom stereocenters. The normalized spacial score (nSPS) is 10.5. The van der Waals surface area contributed by atoms with E-state index in [1.54, 1.807) is 0 Å². The van der Waals surface area contributed by atoms with Gasteiger partial charge in [0, 0.05) is 0 Å². The van der Waals surface area contributed by atoms with Crippen LogP contribution in [0.4, 0.5) is 0 Å². The highest BCUT2D eigenvalue weighted by Crippen LogP contribution is 2.07. The molecule has 0 bridgehead atoms. The van der Waals surface area contributed by atoms with Gasteiger partial charge in [-0.15, -0.1) is 16.7 Å². The molecule has 1 aromatic carbocycles. The van der Waals surface area contributed by atoms with Crippen molar-refractivity contribution in [2.75, 3.05) is 12.5 Å². The molecule has 0 aliphatic rings. The van der Waals surface area contributed by atoms with Crippen molar-refractivity contribution in [1.82, 2.24) is 15.2 Å². The summed E-state index contributed by atoms with van der Waals surface area (Å²) in [4.78, 5) is 6.61. The number of para-hydroxylation sites is 1. The maximum absolute atomic E-state index is 5.48. The van der Waals surface area contributed by atoms with E-state index < -0.39 is 0 Å². The number of hydrogen-bond donors (Lipinski definition) is 0. The Labute approximate surface area is 80.0 Å². The smallest absolute Gasteiger partial charge is 0.130 e. The lowest BCUT2D eigenvalue weighted by atomic mass is 10.3. The zero-order valence-electron chi connectivity index (χ0n) is 6.85. The highest BCUT2D eigenvalue weighted by atomic mass is 35.5. The van der Waals surface area contributed by atoms with Crippen molar-refractivity contribution in [3.05, 3.63) is 24.3 Å². The Morgan fingerprint density at radius 1 is 1.38 bits per heavy atom. The first kappa shape index (κ1) is 8.31. The number of aromatic nitrogens is 3. The van der Waals surface area contributed by atoms with E-state index in [4.69, 9.17) is 16.4 Å². The number of benzene rings is 1. The summed E-state index contributed by atoms with van der Waals surface area (Å²) in [6.45, 7) is 0.426. The van der Waals surface area contributed by atoms with Crippen LogP contribution < -0.4 is 4.84 Å². The molecule has 5 heteroatoms. The Morgan fingerprint density at radius 3 is 3.08 bits per heavy atom. The molecule has 0 atom stereocenters. The Morgan fingerprint density at radius 2 is 2.23 bits per heavy atom. The molecule has 1 heterocycles. The predicted octanol–water partition coefficient (Wildman–Crippen LogP) is 1.10. The molecule has 0 saturated heterocycles. The van der Waals surface area contributed by atoms with E-state index in [1.165, 1.54) is 4.85 Å². The highest BCUT2D eigenvalue weighted by molar-refractivity contribution is 6.17. The minimum atomic E-state index is 0.426. The van der Waals surface area contributed by atoms with Crippen LogP contribution in [-0.2, 0) is 0 Å². The largest absolute Gasteiger partial charge is 0.394 e. The third kappa shape index (κ3) is 1.58. The van der Waals surface area contributed by atoms with Gasteiger partial charge in [-0.05, 0) is 17.3 Å². The average molecular weight is 198 g/mol. The van der Waals surface area contributed by atoms with Crippen molar-refractivity contribution >= 4 is 22.6 Å². The molecular weight excluding hydrogens is 190 g/mol. The van der Waals surface area contributed by atoms with E-state index >= 15 is 0 Å². The van der Waals surface area contributed by atoms with Crippen molar-refractivity contribution in [1.29, 1.82) is 0 Å². The van der Waals surface area contributed by atoms with Gasteiger partial charge in [0.15, 0.2) is 0 Å². The van der Waals surface area contributed by atoms with Gasteiger partial charge in [-0.3, -0.25) is 0 Å². The third-order valence-corrected chi connectivity index (χ3v) is 1.77. The molecule has 68 valence electrons. The molecule has 0 aliphatic carbocycles. The molecular formula is C8H8ClN3O. The minimum Gasteiger partial charge on any atom is -0.394 e. The summed E-state index contributed by atoms with van der Waals surface area (Å²) in [6.07, 6.45) is 0. The first-order chi connectivity index (χ1) is 6.42. The number of fused-ring (bicyclic) bond motifs is 1. The summed E-state index contributed by atoms with van der Waals surface area (Å²) in [7, 11) is 0. The molecule has 0 aliphatic heterocycles. The van der Waals surface area contributed by atoms with Gasteiger partial charge in [-0.1, -0.05) is 17.0 Å². The number of alkyl halides is 1. The molecule has 0 amide bonds. The second kappa shape index (κ2) is 3.62. The second-order valence-corrected chi connectivity index (χ2v) is 2.85. The molecule has 1 aromatic heterocycles. The fraction of sp³-hybridized carbons (Fsp3) is 0.250. The molecule has 0 spiro atoms. The maximum Gasteiger partial charge on any atom is 0.130 e. The number of rotatable bonds is 3. The van der Waals surface area contributed by atoms with Crippen LogP contribution in [-0.4, -0.2) is 27.6 Å². The number of nitrogens with zero attached hydrogens (tertiary/aromatic N) is 3. The molecule has 0 radical (unpaired) electrons. The molecule has 2 aromatic rings. The fourth-order valence-electron chi connectivity index (χ4n) is 1.06. The Balaban J connectivity index is 2.35.